The lowest BCUT2D eigenvalue weighted by atomic mass is 10.2. The van der Waals surface area contributed by atoms with Gasteiger partial charge in [-0.2, -0.15) is 0 Å². The normalized spacial score (nSPS) is 10.9. The lowest BCUT2D eigenvalue weighted by Crippen LogP contribution is -2.18. The van der Waals surface area contributed by atoms with E-state index in [-0.39, 0.29) is 22.6 Å². The smallest absolute Gasteiger partial charge is 0.265 e. The van der Waals surface area contributed by atoms with Crippen molar-refractivity contribution in [2.24, 2.45) is 0 Å². The molecule has 2 aromatic carbocycles. The molecule has 0 aliphatic heterocycles. The Hall–Kier alpha value is -1.96. The Labute approximate surface area is 126 Å². The van der Waals surface area contributed by atoms with Crippen molar-refractivity contribution in [1.82, 2.24) is 9.55 Å². The number of nitrogens with zero attached hydrogens (tertiary/aromatic N) is 2. The van der Waals surface area contributed by atoms with Crippen molar-refractivity contribution in [1.29, 1.82) is 0 Å². The molecular formula is C14H8FIN2O2. The summed E-state index contributed by atoms with van der Waals surface area (Å²) in [6.45, 7) is 0. The summed E-state index contributed by atoms with van der Waals surface area (Å²) >= 11 is 1.97. The summed E-state index contributed by atoms with van der Waals surface area (Å²) in [6.07, 6.45) is 1.33. The van der Waals surface area contributed by atoms with E-state index in [1.807, 2.05) is 22.6 Å². The van der Waals surface area contributed by atoms with Crippen LogP contribution < -0.4 is 5.56 Å². The molecule has 6 heteroatoms. The third kappa shape index (κ3) is 2.05. The van der Waals surface area contributed by atoms with Crippen molar-refractivity contribution >= 4 is 33.5 Å². The van der Waals surface area contributed by atoms with Gasteiger partial charge >= 0.3 is 0 Å². The monoisotopic (exact) mass is 382 g/mol. The first-order valence-electron chi connectivity index (χ1n) is 5.72. The van der Waals surface area contributed by atoms with Crippen LogP contribution >= 0.6 is 22.6 Å². The largest absolute Gasteiger partial charge is 0.505 e. The van der Waals surface area contributed by atoms with Crippen LogP contribution in [0.3, 0.4) is 0 Å². The fourth-order valence-electron chi connectivity index (χ4n) is 1.94. The highest BCUT2D eigenvalue weighted by Crippen LogP contribution is 2.26. The number of aromatic hydroxyl groups is 1. The van der Waals surface area contributed by atoms with Gasteiger partial charge in [-0.25, -0.2) is 9.37 Å². The Bertz CT molecular complexity index is 859. The second-order valence-corrected chi connectivity index (χ2v) is 5.35. The van der Waals surface area contributed by atoms with Crippen molar-refractivity contribution in [2.45, 2.75) is 0 Å². The van der Waals surface area contributed by atoms with Gasteiger partial charge in [-0.1, -0.05) is 0 Å². The lowest BCUT2D eigenvalue weighted by molar-refractivity contribution is 0.476. The number of aromatic nitrogens is 2. The summed E-state index contributed by atoms with van der Waals surface area (Å²) in [7, 11) is 0. The van der Waals surface area contributed by atoms with Crippen LogP contribution in [0.25, 0.3) is 16.6 Å². The molecular weight excluding hydrogens is 374 g/mol. The molecule has 3 rings (SSSR count). The van der Waals surface area contributed by atoms with Crippen LogP contribution in [0.15, 0.2) is 47.5 Å². The quantitative estimate of drug-likeness (QED) is 0.659. The molecule has 0 bridgehead atoms. The average Bonchev–Trinajstić information content (AvgIpc) is 2.45. The summed E-state index contributed by atoms with van der Waals surface area (Å²) in [5.41, 5.74) is 0.470. The molecule has 20 heavy (non-hydrogen) atoms. The molecule has 3 aromatic rings. The zero-order valence-corrected chi connectivity index (χ0v) is 12.2. The molecule has 0 amide bonds. The van der Waals surface area contributed by atoms with Crippen LogP contribution in [0.2, 0.25) is 0 Å². The summed E-state index contributed by atoms with van der Waals surface area (Å²) in [5.74, 6) is -0.380. The van der Waals surface area contributed by atoms with E-state index in [4.69, 9.17) is 0 Å². The van der Waals surface area contributed by atoms with E-state index >= 15 is 0 Å². The number of fused-ring (bicyclic) bond motifs is 1. The number of phenols is 1. The fraction of sp³-hybridized carbons (Fsp3) is 0. The van der Waals surface area contributed by atoms with Gasteiger partial charge in [0.2, 0.25) is 0 Å². The highest BCUT2D eigenvalue weighted by molar-refractivity contribution is 14.1. The molecule has 0 saturated carbocycles. The fourth-order valence-corrected chi connectivity index (χ4v) is 2.38. The average molecular weight is 382 g/mol. The Kier molecular flexibility index (Phi) is 3.17. The lowest BCUT2D eigenvalue weighted by Gasteiger charge is -2.07. The number of rotatable bonds is 1. The Balaban J connectivity index is 2.29. The van der Waals surface area contributed by atoms with E-state index in [0.717, 1.165) is 0 Å². The minimum Gasteiger partial charge on any atom is -0.505 e. The van der Waals surface area contributed by atoms with Gasteiger partial charge in [0, 0.05) is 0 Å². The maximum Gasteiger partial charge on any atom is 0.265 e. The van der Waals surface area contributed by atoms with Crippen LogP contribution in [-0.2, 0) is 0 Å². The van der Waals surface area contributed by atoms with Gasteiger partial charge in [-0.3, -0.25) is 9.36 Å². The third-order valence-electron chi connectivity index (χ3n) is 2.96. The molecule has 1 heterocycles. The molecule has 1 aromatic heterocycles. The molecule has 0 aliphatic rings. The Morgan fingerprint density at radius 2 is 1.85 bits per heavy atom. The zero-order chi connectivity index (χ0) is 14.3. The van der Waals surface area contributed by atoms with E-state index in [1.165, 1.54) is 35.2 Å². The van der Waals surface area contributed by atoms with E-state index in [1.54, 1.807) is 12.1 Å². The van der Waals surface area contributed by atoms with E-state index < -0.39 is 0 Å². The maximum absolute atomic E-state index is 12.9. The molecule has 0 atom stereocenters. The molecule has 100 valence electrons. The first kappa shape index (κ1) is 13.0. The van der Waals surface area contributed by atoms with Gasteiger partial charge in [-0.15, -0.1) is 0 Å². The minimum absolute atomic E-state index is 0.00791. The topological polar surface area (TPSA) is 55.1 Å². The van der Waals surface area contributed by atoms with Gasteiger partial charge in [0.05, 0.1) is 14.6 Å². The van der Waals surface area contributed by atoms with Crippen LogP contribution in [0.5, 0.6) is 5.75 Å². The van der Waals surface area contributed by atoms with Crippen LogP contribution in [0, 0.1) is 9.39 Å². The Morgan fingerprint density at radius 1 is 1.15 bits per heavy atom. The Morgan fingerprint density at radius 3 is 2.55 bits per heavy atom. The van der Waals surface area contributed by atoms with Gasteiger partial charge in [0.1, 0.15) is 17.7 Å². The summed E-state index contributed by atoms with van der Waals surface area (Å²) in [5, 5.41) is 10.2. The van der Waals surface area contributed by atoms with Crippen molar-refractivity contribution in [3.8, 4) is 11.4 Å². The van der Waals surface area contributed by atoms with Crippen LogP contribution in [-0.4, -0.2) is 14.7 Å². The van der Waals surface area contributed by atoms with Crippen molar-refractivity contribution in [2.75, 3.05) is 0 Å². The molecule has 4 nitrogen and oxygen atoms in total. The van der Waals surface area contributed by atoms with Gasteiger partial charge in [0.25, 0.3) is 5.56 Å². The number of benzene rings is 2. The summed E-state index contributed by atoms with van der Waals surface area (Å²) < 4.78 is 14.9. The van der Waals surface area contributed by atoms with E-state index in [0.29, 0.717) is 14.6 Å². The van der Waals surface area contributed by atoms with Crippen LogP contribution in [0.1, 0.15) is 0 Å². The van der Waals surface area contributed by atoms with Crippen molar-refractivity contribution < 1.29 is 9.50 Å². The van der Waals surface area contributed by atoms with E-state index in [2.05, 4.69) is 4.98 Å². The first-order chi connectivity index (χ1) is 9.58. The predicted molar refractivity (Wildman–Crippen MR) is 81.7 cm³/mol. The van der Waals surface area contributed by atoms with Gasteiger partial charge in [-0.05, 0) is 59.0 Å². The van der Waals surface area contributed by atoms with E-state index in [9.17, 15) is 14.3 Å². The number of hydrogen-bond donors (Lipinski definition) is 1. The molecule has 1 N–H and O–H groups in total. The van der Waals surface area contributed by atoms with Crippen LogP contribution in [0.4, 0.5) is 4.39 Å². The molecule has 0 radical (unpaired) electrons. The maximum atomic E-state index is 12.9. The molecule has 0 unspecified atom stereocenters. The minimum atomic E-state index is -0.372. The summed E-state index contributed by atoms with van der Waals surface area (Å²) in [4.78, 5) is 16.5. The number of hydrogen-bond acceptors (Lipinski definition) is 3. The second-order valence-electron chi connectivity index (χ2n) is 4.19. The molecule has 0 saturated heterocycles. The third-order valence-corrected chi connectivity index (χ3v) is 3.83. The van der Waals surface area contributed by atoms with Gasteiger partial charge in [0.15, 0.2) is 5.75 Å². The summed E-state index contributed by atoms with van der Waals surface area (Å²) in [6, 6.07) is 8.81. The molecule has 0 fully saturated rings. The molecule has 0 aliphatic carbocycles. The zero-order valence-electron chi connectivity index (χ0n) is 10.0. The standard InChI is InChI=1S/C14H8FIN2O2/c15-8-1-3-9(4-2-8)18-7-17-12-10(14(18)20)5-6-11(16)13(12)19/h1-7,19H. The number of halogens is 2. The first-order valence-corrected chi connectivity index (χ1v) is 6.80. The number of phenolic OH excluding ortho intramolecular Hbond substituents is 1. The van der Waals surface area contributed by atoms with Crippen molar-refractivity contribution in [3.05, 3.63) is 62.5 Å². The SMILES string of the molecule is O=c1c2ccc(I)c(O)c2ncn1-c1ccc(F)cc1. The predicted octanol–water partition coefficient (Wildman–Crippen LogP) is 2.84. The van der Waals surface area contributed by atoms with Gasteiger partial charge < -0.3 is 5.11 Å². The highest BCUT2D eigenvalue weighted by atomic mass is 127. The molecule has 0 spiro atoms. The second kappa shape index (κ2) is 4.86. The highest BCUT2D eigenvalue weighted by Gasteiger charge is 2.11. The van der Waals surface area contributed by atoms with Crippen molar-refractivity contribution in [3.63, 3.8) is 0 Å².